The normalized spacial score (nSPS) is 14.4. The zero-order chi connectivity index (χ0) is 23.0. The van der Waals surface area contributed by atoms with Gasteiger partial charge < -0.3 is 5.32 Å². The van der Waals surface area contributed by atoms with Crippen LogP contribution in [0.3, 0.4) is 0 Å². The van der Waals surface area contributed by atoms with Crippen molar-refractivity contribution in [2.75, 3.05) is 38.0 Å². The monoisotopic (exact) mass is 438 g/mol. The van der Waals surface area contributed by atoms with Gasteiger partial charge >= 0.3 is 0 Å². The highest BCUT2D eigenvalue weighted by Crippen LogP contribution is 2.19. The van der Waals surface area contributed by atoms with Gasteiger partial charge in [0.05, 0.1) is 23.9 Å². The summed E-state index contributed by atoms with van der Waals surface area (Å²) in [4.78, 5) is 30.1. The van der Waals surface area contributed by atoms with Crippen molar-refractivity contribution in [2.45, 2.75) is 6.54 Å². The Labute approximate surface area is 194 Å². The van der Waals surface area contributed by atoms with E-state index in [1.807, 2.05) is 48.5 Å². The second-order valence-electron chi connectivity index (χ2n) is 8.15. The van der Waals surface area contributed by atoms with Crippen LogP contribution < -0.4 is 5.32 Å². The van der Waals surface area contributed by atoms with Gasteiger partial charge in [0.15, 0.2) is 5.78 Å². The van der Waals surface area contributed by atoms with Crippen LogP contribution in [0.5, 0.6) is 0 Å². The Balaban J connectivity index is 1.30. The van der Waals surface area contributed by atoms with Gasteiger partial charge in [0, 0.05) is 43.9 Å². The largest absolute Gasteiger partial charge is 0.324 e. The van der Waals surface area contributed by atoms with Gasteiger partial charge in [-0.25, -0.2) is 0 Å². The average Bonchev–Trinajstić information content (AvgIpc) is 2.86. The van der Waals surface area contributed by atoms with Crippen molar-refractivity contribution >= 4 is 17.4 Å². The highest BCUT2D eigenvalue weighted by molar-refractivity contribution is 6.13. The first kappa shape index (κ1) is 22.4. The van der Waals surface area contributed by atoms with Crippen molar-refractivity contribution in [2.24, 2.45) is 0 Å². The number of rotatable bonds is 7. The van der Waals surface area contributed by atoms with Crippen molar-refractivity contribution in [3.05, 3.63) is 101 Å². The Morgan fingerprint density at radius 3 is 2.15 bits per heavy atom. The first-order valence-electron chi connectivity index (χ1n) is 11.0. The number of anilines is 1. The molecule has 1 aliphatic heterocycles. The number of amides is 1. The summed E-state index contributed by atoms with van der Waals surface area (Å²) in [5.41, 5.74) is 3.47. The third-order valence-corrected chi connectivity index (χ3v) is 5.80. The van der Waals surface area contributed by atoms with Crippen LogP contribution in [0.2, 0.25) is 0 Å². The second kappa shape index (κ2) is 10.7. The molecule has 166 valence electrons. The molecular weight excluding hydrogens is 412 g/mol. The fourth-order valence-corrected chi connectivity index (χ4v) is 3.98. The molecule has 0 radical (unpaired) electrons. The smallest absolute Gasteiger partial charge is 0.238 e. The number of nitrogens with zero attached hydrogens (tertiary/aromatic N) is 3. The molecule has 1 saturated heterocycles. The molecule has 6 heteroatoms. The van der Waals surface area contributed by atoms with Crippen LogP contribution in [0, 0.1) is 11.3 Å². The van der Waals surface area contributed by atoms with E-state index in [1.165, 1.54) is 5.56 Å². The Morgan fingerprint density at radius 2 is 1.45 bits per heavy atom. The van der Waals surface area contributed by atoms with Gasteiger partial charge in [-0.1, -0.05) is 54.6 Å². The fourth-order valence-electron chi connectivity index (χ4n) is 3.98. The van der Waals surface area contributed by atoms with E-state index in [9.17, 15) is 9.59 Å². The van der Waals surface area contributed by atoms with E-state index in [1.54, 1.807) is 30.3 Å². The predicted octanol–water partition coefficient (Wildman–Crippen LogP) is 3.55. The number of para-hydroxylation sites is 1. The van der Waals surface area contributed by atoms with Crippen LogP contribution in [-0.2, 0) is 11.3 Å². The second-order valence-corrected chi connectivity index (χ2v) is 8.15. The van der Waals surface area contributed by atoms with E-state index in [0.29, 0.717) is 28.9 Å². The molecule has 0 aromatic heterocycles. The molecule has 6 nitrogen and oxygen atoms in total. The number of hydrogen-bond donors (Lipinski definition) is 1. The topological polar surface area (TPSA) is 76.4 Å². The Kier molecular flexibility index (Phi) is 7.26. The lowest BCUT2D eigenvalue weighted by molar-refractivity contribution is -0.117. The quantitative estimate of drug-likeness (QED) is 0.571. The van der Waals surface area contributed by atoms with Crippen molar-refractivity contribution in [1.82, 2.24) is 9.80 Å². The molecule has 3 aromatic rings. The molecule has 4 rings (SSSR count). The highest BCUT2D eigenvalue weighted by Gasteiger charge is 2.20. The minimum atomic E-state index is -0.121. The summed E-state index contributed by atoms with van der Waals surface area (Å²) in [6.07, 6.45) is 0. The van der Waals surface area contributed by atoms with Crippen LogP contribution in [0.1, 0.15) is 27.0 Å². The number of nitriles is 1. The van der Waals surface area contributed by atoms with Gasteiger partial charge in [0.2, 0.25) is 5.91 Å². The maximum absolute atomic E-state index is 12.9. The zero-order valence-electron chi connectivity index (χ0n) is 18.4. The van der Waals surface area contributed by atoms with Gasteiger partial charge in [-0.05, 0) is 29.8 Å². The fraction of sp³-hybridized carbons (Fsp3) is 0.222. The van der Waals surface area contributed by atoms with Crippen LogP contribution in [0.25, 0.3) is 0 Å². The number of nitrogens with one attached hydrogen (secondary N) is 1. The Hall–Kier alpha value is -3.79. The number of carbonyl (C=O) groups excluding carboxylic acids is 2. The molecule has 0 atom stereocenters. The lowest BCUT2D eigenvalue weighted by Gasteiger charge is -2.34. The van der Waals surface area contributed by atoms with E-state index in [-0.39, 0.29) is 11.7 Å². The molecule has 1 N–H and O–H groups in total. The van der Waals surface area contributed by atoms with Crippen LogP contribution in [0.15, 0.2) is 78.9 Å². The van der Waals surface area contributed by atoms with Crippen molar-refractivity contribution in [3.8, 4) is 6.07 Å². The van der Waals surface area contributed by atoms with E-state index >= 15 is 0 Å². The maximum Gasteiger partial charge on any atom is 0.238 e. The van der Waals surface area contributed by atoms with Crippen molar-refractivity contribution in [1.29, 1.82) is 5.26 Å². The summed E-state index contributed by atoms with van der Waals surface area (Å²) < 4.78 is 0. The third kappa shape index (κ3) is 5.92. The molecule has 1 heterocycles. The Morgan fingerprint density at radius 1 is 0.818 bits per heavy atom. The SMILES string of the molecule is N#Cc1ccc(CN2CCN(CC(=O)Nc3ccccc3C(=O)c3ccccc3)CC2)cc1. The van der Waals surface area contributed by atoms with Gasteiger partial charge in [0.1, 0.15) is 0 Å². The summed E-state index contributed by atoms with van der Waals surface area (Å²) in [5, 5.41) is 11.9. The summed E-state index contributed by atoms with van der Waals surface area (Å²) in [6, 6.07) is 26.0. The summed E-state index contributed by atoms with van der Waals surface area (Å²) in [6.45, 7) is 4.47. The summed E-state index contributed by atoms with van der Waals surface area (Å²) >= 11 is 0. The number of benzene rings is 3. The maximum atomic E-state index is 12.9. The number of piperazine rings is 1. The van der Waals surface area contributed by atoms with Crippen molar-refractivity contribution < 1.29 is 9.59 Å². The highest BCUT2D eigenvalue weighted by atomic mass is 16.2. The lowest BCUT2D eigenvalue weighted by Crippen LogP contribution is -2.48. The molecule has 0 spiro atoms. The van der Waals surface area contributed by atoms with Gasteiger partial charge in [0.25, 0.3) is 0 Å². The first-order chi connectivity index (χ1) is 16.1. The molecule has 1 amide bonds. The van der Waals surface area contributed by atoms with Gasteiger partial charge in [-0.15, -0.1) is 0 Å². The van der Waals surface area contributed by atoms with E-state index in [4.69, 9.17) is 5.26 Å². The van der Waals surface area contributed by atoms with E-state index in [0.717, 1.165) is 32.7 Å². The molecule has 0 saturated carbocycles. The number of carbonyl (C=O) groups is 2. The van der Waals surface area contributed by atoms with Gasteiger partial charge in [-0.3, -0.25) is 19.4 Å². The standard InChI is InChI=1S/C27H26N4O2/c28-18-21-10-12-22(13-11-21)19-30-14-16-31(17-15-30)20-26(32)29-25-9-5-4-8-24(25)27(33)23-6-2-1-3-7-23/h1-13H,14-17,19-20H2,(H,29,32). The molecule has 1 fully saturated rings. The van der Waals surface area contributed by atoms with E-state index in [2.05, 4.69) is 21.2 Å². The predicted molar refractivity (Wildman–Crippen MR) is 128 cm³/mol. The average molecular weight is 439 g/mol. The number of ketones is 1. The Bertz CT molecular complexity index is 1140. The molecule has 3 aromatic carbocycles. The van der Waals surface area contributed by atoms with Crippen molar-refractivity contribution in [3.63, 3.8) is 0 Å². The molecule has 0 aliphatic carbocycles. The molecule has 1 aliphatic rings. The molecule has 33 heavy (non-hydrogen) atoms. The van der Waals surface area contributed by atoms with Gasteiger partial charge in [-0.2, -0.15) is 5.26 Å². The van der Waals surface area contributed by atoms with E-state index < -0.39 is 0 Å². The summed E-state index contributed by atoms with van der Waals surface area (Å²) in [5.74, 6) is -0.230. The van der Waals surface area contributed by atoms with Crippen LogP contribution >= 0.6 is 0 Å². The first-order valence-corrected chi connectivity index (χ1v) is 11.0. The molecule has 0 bridgehead atoms. The van der Waals surface area contributed by atoms with Crippen LogP contribution in [-0.4, -0.2) is 54.2 Å². The minimum Gasteiger partial charge on any atom is -0.324 e. The van der Waals surface area contributed by atoms with Crippen LogP contribution in [0.4, 0.5) is 5.69 Å². The molecule has 0 unspecified atom stereocenters. The lowest BCUT2D eigenvalue weighted by atomic mass is 10.0. The number of hydrogen-bond acceptors (Lipinski definition) is 5. The summed E-state index contributed by atoms with van der Waals surface area (Å²) in [7, 11) is 0. The zero-order valence-corrected chi connectivity index (χ0v) is 18.4. The minimum absolute atomic E-state index is 0.108. The molecular formula is C27H26N4O2. The third-order valence-electron chi connectivity index (χ3n) is 5.80.